The van der Waals surface area contributed by atoms with Gasteiger partial charge >= 0.3 is 5.97 Å². The Hall–Kier alpha value is -0.290. The minimum Gasteiger partial charge on any atom is -0.466 e. The molecule has 2 N–H and O–H groups in total. The molecule has 0 aromatic carbocycles. The number of halogens is 2. The van der Waals surface area contributed by atoms with Crippen molar-refractivity contribution in [2.75, 3.05) is 6.61 Å². The lowest BCUT2D eigenvalue weighted by Gasteiger charge is -2.09. The van der Waals surface area contributed by atoms with Gasteiger partial charge in [-0.2, -0.15) is 0 Å². The molecule has 1 aromatic heterocycles. The van der Waals surface area contributed by atoms with Gasteiger partial charge in [0.25, 0.3) is 0 Å². The first-order chi connectivity index (χ1) is 6.65. The molecular formula is C9H13Cl2NO2S. The number of thiophene rings is 1. The van der Waals surface area contributed by atoms with Crippen molar-refractivity contribution in [2.24, 2.45) is 5.73 Å². The molecule has 0 spiro atoms. The summed E-state index contributed by atoms with van der Waals surface area (Å²) in [5.74, 6) is -0.288. The highest BCUT2D eigenvalue weighted by Gasteiger charge is 2.16. The monoisotopic (exact) mass is 269 g/mol. The Balaban J connectivity index is 0.00000196. The van der Waals surface area contributed by atoms with E-state index in [-0.39, 0.29) is 30.8 Å². The van der Waals surface area contributed by atoms with Gasteiger partial charge in [-0.05, 0) is 18.4 Å². The van der Waals surface area contributed by atoms with Crippen molar-refractivity contribution in [3.8, 4) is 0 Å². The van der Waals surface area contributed by atoms with Crippen LogP contribution in [-0.4, -0.2) is 12.6 Å². The fraction of sp³-hybridized carbons (Fsp3) is 0.444. The first-order valence-corrected chi connectivity index (χ1v) is 5.55. The van der Waals surface area contributed by atoms with Crippen LogP contribution in [0.4, 0.5) is 0 Å². The van der Waals surface area contributed by atoms with E-state index in [0.29, 0.717) is 11.6 Å². The minimum absolute atomic E-state index is 0. The quantitative estimate of drug-likeness (QED) is 0.856. The van der Waals surface area contributed by atoms with Gasteiger partial charge in [0.2, 0.25) is 0 Å². The summed E-state index contributed by atoms with van der Waals surface area (Å²) < 4.78 is 4.79. The number of hydrogen-bond donors (Lipinski definition) is 1. The van der Waals surface area contributed by atoms with E-state index < -0.39 is 0 Å². The van der Waals surface area contributed by atoms with Gasteiger partial charge in [0.1, 0.15) is 0 Å². The number of nitrogens with two attached hydrogens (primary N) is 1. The normalized spacial score (nSPS) is 11.7. The number of carbonyl (C=O) groups is 1. The Kier molecular flexibility index (Phi) is 6.92. The van der Waals surface area contributed by atoms with Crippen LogP contribution in [0.5, 0.6) is 0 Å². The number of rotatable bonds is 4. The van der Waals surface area contributed by atoms with Gasteiger partial charge in [0.05, 0.1) is 24.1 Å². The summed E-state index contributed by atoms with van der Waals surface area (Å²) in [5, 5.41) is 2.47. The maximum atomic E-state index is 11.1. The summed E-state index contributed by atoms with van der Waals surface area (Å²) in [5.41, 5.74) is 5.80. The molecule has 0 unspecified atom stereocenters. The van der Waals surface area contributed by atoms with Gasteiger partial charge < -0.3 is 10.5 Å². The standard InChI is InChI=1S/C9H12ClNO2S.ClH/c1-2-13-8(12)5-7(11)9-6(10)3-4-14-9;/h3-4,7H,2,5,11H2,1H3;1H/t7-;/m1./s1. The fourth-order valence-electron chi connectivity index (χ4n) is 1.06. The summed E-state index contributed by atoms with van der Waals surface area (Å²) in [6, 6.07) is 1.41. The summed E-state index contributed by atoms with van der Waals surface area (Å²) in [7, 11) is 0. The van der Waals surface area contributed by atoms with Crippen LogP contribution < -0.4 is 5.73 Å². The van der Waals surface area contributed by atoms with Gasteiger partial charge in [0, 0.05) is 4.88 Å². The lowest BCUT2D eigenvalue weighted by molar-refractivity contribution is -0.143. The van der Waals surface area contributed by atoms with Crippen LogP contribution in [0.3, 0.4) is 0 Å². The van der Waals surface area contributed by atoms with Crippen LogP contribution in [0.1, 0.15) is 24.3 Å². The van der Waals surface area contributed by atoms with Crippen LogP contribution in [0, 0.1) is 0 Å². The van der Waals surface area contributed by atoms with Crippen molar-refractivity contribution in [1.82, 2.24) is 0 Å². The molecule has 1 rings (SSSR count). The Bertz CT molecular complexity index is 317. The van der Waals surface area contributed by atoms with E-state index in [0.717, 1.165) is 4.88 Å². The predicted molar refractivity (Wildman–Crippen MR) is 64.8 cm³/mol. The zero-order valence-electron chi connectivity index (χ0n) is 8.23. The molecule has 0 radical (unpaired) electrons. The lowest BCUT2D eigenvalue weighted by Crippen LogP contribution is -2.16. The van der Waals surface area contributed by atoms with Gasteiger partial charge in [0.15, 0.2) is 0 Å². The molecule has 1 heterocycles. The summed E-state index contributed by atoms with van der Waals surface area (Å²) >= 11 is 7.33. The largest absolute Gasteiger partial charge is 0.466 e. The molecular weight excluding hydrogens is 257 g/mol. The highest BCUT2D eigenvalue weighted by molar-refractivity contribution is 7.10. The average Bonchev–Trinajstić information content (AvgIpc) is 2.51. The minimum atomic E-state index is -0.360. The molecule has 0 fully saturated rings. The second kappa shape index (κ2) is 7.06. The number of carbonyl (C=O) groups excluding carboxylic acids is 1. The second-order valence-electron chi connectivity index (χ2n) is 2.75. The summed E-state index contributed by atoms with van der Waals surface area (Å²) in [6.07, 6.45) is 0.175. The van der Waals surface area contributed by atoms with Crippen molar-refractivity contribution in [3.05, 3.63) is 21.3 Å². The number of esters is 1. The molecule has 6 heteroatoms. The van der Waals surface area contributed by atoms with E-state index in [1.54, 1.807) is 13.0 Å². The molecule has 0 amide bonds. The maximum Gasteiger partial charge on any atom is 0.307 e. The van der Waals surface area contributed by atoms with E-state index in [9.17, 15) is 4.79 Å². The van der Waals surface area contributed by atoms with Crippen molar-refractivity contribution in [2.45, 2.75) is 19.4 Å². The van der Waals surface area contributed by atoms with Gasteiger partial charge in [-0.1, -0.05) is 11.6 Å². The lowest BCUT2D eigenvalue weighted by atomic mass is 10.2. The molecule has 1 aromatic rings. The Labute approximate surface area is 104 Å². The second-order valence-corrected chi connectivity index (χ2v) is 4.10. The van der Waals surface area contributed by atoms with E-state index in [2.05, 4.69) is 0 Å². The molecule has 1 atom stereocenters. The maximum absolute atomic E-state index is 11.1. The van der Waals surface area contributed by atoms with Crippen LogP contribution in [-0.2, 0) is 9.53 Å². The first kappa shape index (κ1) is 14.7. The predicted octanol–water partition coefficient (Wildman–Crippen LogP) is 2.78. The van der Waals surface area contributed by atoms with Crippen molar-refractivity contribution in [3.63, 3.8) is 0 Å². The van der Waals surface area contributed by atoms with Crippen LogP contribution in [0.2, 0.25) is 5.02 Å². The Morgan fingerprint density at radius 3 is 2.87 bits per heavy atom. The summed E-state index contributed by atoms with van der Waals surface area (Å²) in [6.45, 7) is 2.14. The SMILES string of the molecule is CCOC(=O)C[C@@H](N)c1sccc1Cl.Cl. The van der Waals surface area contributed by atoms with Crippen molar-refractivity contribution < 1.29 is 9.53 Å². The Morgan fingerprint density at radius 2 is 2.40 bits per heavy atom. The van der Waals surface area contributed by atoms with Crippen molar-refractivity contribution in [1.29, 1.82) is 0 Å². The molecule has 0 bridgehead atoms. The third-order valence-corrected chi connectivity index (χ3v) is 3.16. The molecule has 0 aliphatic carbocycles. The zero-order valence-corrected chi connectivity index (χ0v) is 10.6. The topological polar surface area (TPSA) is 52.3 Å². The molecule has 0 aliphatic heterocycles. The zero-order chi connectivity index (χ0) is 10.6. The molecule has 0 saturated carbocycles. The van der Waals surface area contributed by atoms with E-state index in [4.69, 9.17) is 22.1 Å². The van der Waals surface area contributed by atoms with Crippen LogP contribution >= 0.6 is 35.3 Å². The fourth-order valence-corrected chi connectivity index (χ4v) is 2.26. The van der Waals surface area contributed by atoms with Crippen LogP contribution in [0.15, 0.2) is 11.4 Å². The molecule has 0 aliphatic rings. The average molecular weight is 270 g/mol. The number of hydrogen-bond acceptors (Lipinski definition) is 4. The molecule has 3 nitrogen and oxygen atoms in total. The molecule has 15 heavy (non-hydrogen) atoms. The molecule has 0 saturated heterocycles. The van der Waals surface area contributed by atoms with Gasteiger partial charge in [-0.25, -0.2) is 0 Å². The third-order valence-electron chi connectivity index (χ3n) is 1.67. The first-order valence-electron chi connectivity index (χ1n) is 4.29. The van der Waals surface area contributed by atoms with Gasteiger partial charge in [-0.15, -0.1) is 23.7 Å². The highest BCUT2D eigenvalue weighted by Crippen LogP contribution is 2.28. The Morgan fingerprint density at radius 1 is 1.73 bits per heavy atom. The van der Waals surface area contributed by atoms with E-state index >= 15 is 0 Å². The van der Waals surface area contributed by atoms with Crippen molar-refractivity contribution >= 4 is 41.3 Å². The van der Waals surface area contributed by atoms with Gasteiger partial charge in [-0.3, -0.25) is 4.79 Å². The summed E-state index contributed by atoms with van der Waals surface area (Å²) in [4.78, 5) is 12.0. The molecule has 86 valence electrons. The number of ether oxygens (including phenoxy) is 1. The van der Waals surface area contributed by atoms with Crippen LogP contribution in [0.25, 0.3) is 0 Å². The van der Waals surface area contributed by atoms with E-state index in [1.807, 2.05) is 5.38 Å². The smallest absolute Gasteiger partial charge is 0.307 e. The highest BCUT2D eigenvalue weighted by atomic mass is 35.5. The third kappa shape index (κ3) is 4.38. The van der Waals surface area contributed by atoms with E-state index in [1.165, 1.54) is 11.3 Å².